The molecule has 0 spiro atoms. The molecule has 0 aliphatic carbocycles. The van der Waals surface area contributed by atoms with E-state index in [0.29, 0.717) is 22.6 Å². The molecule has 1 aliphatic heterocycles. The van der Waals surface area contributed by atoms with E-state index in [0.717, 1.165) is 0 Å². The largest absolute Gasteiger partial charge is 0.341 e. The van der Waals surface area contributed by atoms with Gasteiger partial charge < -0.3 is 10.6 Å². The van der Waals surface area contributed by atoms with E-state index >= 15 is 0 Å². The van der Waals surface area contributed by atoms with Gasteiger partial charge in [-0.2, -0.15) is 4.98 Å². The first-order valence-electron chi connectivity index (χ1n) is 6.65. The van der Waals surface area contributed by atoms with Crippen LogP contribution >= 0.6 is 0 Å². The summed E-state index contributed by atoms with van der Waals surface area (Å²) in [5.41, 5.74) is 1.22. The number of anilines is 3. The minimum absolute atomic E-state index is 0.128. The monoisotopic (exact) mass is 312 g/mol. The zero-order chi connectivity index (χ0) is 16.4. The molecule has 0 saturated carbocycles. The molecule has 0 radical (unpaired) electrons. The molecule has 2 aromatic rings. The number of nitrogens with one attached hydrogen (secondary N) is 4. The fourth-order valence-electron chi connectivity index (χ4n) is 2.05. The Hall–Kier alpha value is -3.49. The van der Waals surface area contributed by atoms with Crippen molar-refractivity contribution in [3.05, 3.63) is 41.6 Å². The Labute approximate surface area is 130 Å². The smallest absolute Gasteiger partial charge is 0.321 e. The number of aromatic nitrogens is 2. The van der Waals surface area contributed by atoms with Crippen molar-refractivity contribution in [2.75, 3.05) is 17.7 Å². The van der Waals surface area contributed by atoms with E-state index in [2.05, 4.69) is 31.2 Å². The maximum absolute atomic E-state index is 11.6. The summed E-state index contributed by atoms with van der Waals surface area (Å²) < 4.78 is 0. The predicted octanol–water partition coefficient (Wildman–Crippen LogP) is 0.855. The highest BCUT2D eigenvalue weighted by molar-refractivity contribution is 6.21. The average molecular weight is 312 g/mol. The van der Waals surface area contributed by atoms with Gasteiger partial charge in [0.15, 0.2) is 0 Å². The summed E-state index contributed by atoms with van der Waals surface area (Å²) in [6.45, 7) is 0. The van der Waals surface area contributed by atoms with Gasteiger partial charge in [-0.3, -0.25) is 20.2 Å². The van der Waals surface area contributed by atoms with E-state index in [4.69, 9.17) is 0 Å². The molecular formula is C14H12N6O3. The summed E-state index contributed by atoms with van der Waals surface area (Å²) in [6, 6.07) is 5.94. The van der Waals surface area contributed by atoms with Crippen molar-refractivity contribution < 1.29 is 14.4 Å². The van der Waals surface area contributed by atoms with Crippen molar-refractivity contribution in [1.29, 1.82) is 0 Å². The second-order valence-electron chi connectivity index (χ2n) is 4.64. The van der Waals surface area contributed by atoms with Crippen molar-refractivity contribution in [1.82, 2.24) is 20.6 Å². The highest BCUT2D eigenvalue weighted by Crippen LogP contribution is 2.22. The van der Waals surface area contributed by atoms with Crippen molar-refractivity contribution in [2.45, 2.75) is 0 Å². The van der Waals surface area contributed by atoms with Gasteiger partial charge in [0.2, 0.25) is 5.95 Å². The molecule has 0 unspecified atom stereocenters. The molecule has 23 heavy (non-hydrogen) atoms. The van der Waals surface area contributed by atoms with E-state index in [1.54, 1.807) is 24.3 Å². The summed E-state index contributed by atoms with van der Waals surface area (Å²) in [7, 11) is 1.48. The number of benzene rings is 1. The molecule has 116 valence electrons. The number of fused-ring (bicyclic) bond motifs is 1. The van der Waals surface area contributed by atoms with Crippen LogP contribution in [0.2, 0.25) is 0 Å². The first-order valence-corrected chi connectivity index (χ1v) is 6.65. The Morgan fingerprint density at radius 2 is 1.91 bits per heavy atom. The van der Waals surface area contributed by atoms with Crippen LogP contribution in [0, 0.1) is 0 Å². The van der Waals surface area contributed by atoms with Gasteiger partial charge in [-0.1, -0.05) is 0 Å². The molecule has 0 bridgehead atoms. The number of hydrogen-bond acceptors (Lipinski definition) is 6. The molecule has 1 aromatic carbocycles. The van der Waals surface area contributed by atoms with E-state index in [9.17, 15) is 14.4 Å². The number of urea groups is 1. The second kappa shape index (κ2) is 5.72. The number of carbonyl (C=O) groups excluding carboxylic acids is 3. The van der Waals surface area contributed by atoms with Crippen molar-refractivity contribution in [3.8, 4) is 0 Å². The van der Waals surface area contributed by atoms with Crippen LogP contribution in [-0.2, 0) is 0 Å². The SMILES string of the molecule is CNC(=O)Nc1nccc(Nc2ccc3c(c2)C(=O)NC3=O)n1. The number of nitrogens with zero attached hydrogens (tertiary/aromatic N) is 2. The lowest BCUT2D eigenvalue weighted by Gasteiger charge is -2.08. The molecule has 1 aliphatic rings. The number of hydrogen-bond donors (Lipinski definition) is 4. The molecule has 1 aromatic heterocycles. The predicted molar refractivity (Wildman–Crippen MR) is 81.6 cm³/mol. The Balaban J connectivity index is 1.82. The molecule has 4 N–H and O–H groups in total. The Morgan fingerprint density at radius 3 is 2.70 bits per heavy atom. The van der Waals surface area contributed by atoms with E-state index in [-0.39, 0.29) is 5.95 Å². The molecule has 9 heteroatoms. The summed E-state index contributed by atoms with van der Waals surface area (Å²) in [5, 5.41) is 10.1. The maximum Gasteiger partial charge on any atom is 0.321 e. The Kier molecular flexibility index (Phi) is 3.59. The van der Waals surface area contributed by atoms with Crippen molar-refractivity contribution >= 4 is 35.3 Å². The standard InChI is InChI=1S/C14H12N6O3/c1-15-14(23)20-13-16-5-4-10(18-13)17-7-2-3-8-9(6-7)12(22)19-11(8)21/h2-6H,1H3,(H,19,21,22)(H3,15,16,17,18,20,23). The second-order valence-corrected chi connectivity index (χ2v) is 4.64. The highest BCUT2D eigenvalue weighted by Gasteiger charge is 2.26. The summed E-state index contributed by atoms with van der Waals surface area (Å²) in [4.78, 5) is 42.4. The molecule has 2 heterocycles. The lowest BCUT2D eigenvalue weighted by Crippen LogP contribution is -2.25. The van der Waals surface area contributed by atoms with Crippen LogP contribution in [0.3, 0.4) is 0 Å². The highest BCUT2D eigenvalue weighted by atomic mass is 16.2. The molecular weight excluding hydrogens is 300 g/mol. The van der Waals surface area contributed by atoms with Gasteiger partial charge >= 0.3 is 6.03 Å². The van der Waals surface area contributed by atoms with Crippen LogP contribution in [0.5, 0.6) is 0 Å². The number of amides is 4. The molecule has 3 rings (SSSR count). The van der Waals surface area contributed by atoms with Crippen LogP contribution in [-0.4, -0.2) is 34.9 Å². The van der Waals surface area contributed by atoms with Crippen molar-refractivity contribution in [3.63, 3.8) is 0 Å². The Morgan fingerprint density at radius 1 is 1.13 bits per heavy atom. The minimum Gasteiger partial charge on any atom is -0.341 e. The molecule has 9 nitrogen and oxygen atoms in total. The van der Waals surface area contributed by atoms with Gasteiger partial charge in [0.1, 0.15) is 5.82 Å². The molecule has 0 saturated heterocycles. The fraction of sp³-hybridized carbons (Fsp3) is 0.0714. The topological polar surface area (TPSA) is 125 Å². The quantitative estimate of drug-likeness (QED) is 0.623. The van der Waals surface area contributed by atoms with E-state index < -0.39 is 17.8 Å². The third-order valence-electron chi connectivity index (χ3n) is 3.12. The normalized spacial score (nSPS) is 12.4. The van der Waals surface area contributed by atoms with Gasteiger partial charge in [-0.05, 0) is 24.3 Å². The third-order valence-corrected chi connectivity index (χ3v) is 3.12. The van der Waals surface area contributed by atoms with Gasteiger partial charge in [-0.15, -0.1) is 0 Å². The molecule has 0 fully saturated rings. The van der Waals surface area contributed by atoms with Gasteiger partial charge in [0.25, 0.3) is 11.8 Å². The van der Waals surface area contributed by atoms with Crippen LogP contribution in [0.1, 0.15) is 20.7 Å². The first-order chi connectivity index (χ1) is 11.1. The molecule has 0 atom stereocenters. The van der Waals surface area contributed by atoms with Crippen LogP contribution in [0.15, 0.2) is 30.5 Å². The third kappa shape index (κ3) is 2.93. The van der Waals surface area contributed by atoms with E-state index in [1.807, 2.05) is 0 Å². The minimum atomic E-state index is -0.435. The summed E-state index contributed by atoms with van der Waals surface area (Å²) >= 11 is 0. The van der Waals surface area contributed by atoms with Crippen LogP contribution in [0.4, 0.5) is 22.2 Å². The summed E-state index contributed by atoms with van der Waals surface area (Å²) in [6.07, 6.45) is 1.48. The van der Waals surface area contributed by atoms with Gasteiger partial charge in [-0.25, -0.2) is 9.78 Å². The van der Waals surface area contributed by atoms with Gasteiger partial charge in [0, 0.05) is 18.9 Å². The van der Waals surface area contributed by atoms with Gasteiger partial charge in [0.05, 0.1) is 11.1 Å². The zero-order valence-corrected chi connectivity index (χ0v) is 12.0. The maximum atomic E-state index is 11.6. The molecule has 4 amide bonds. The lowest BCUT2D eigenvalue weighted by atomic mass is 10.1. The average Bonchev–Trinajstić information content (AvgIpc) is 2.82. The fourth-order valence-corrected chi connectivity index (χ4v) is 2.05. The van der Waals surface area contributed by atoms with Crippen LogP contribution < -0.4 is 21.3 Å². The van der Waals surface area contributed by atoms with E-state index in [1.165, 1.54) is 13.2 Å². The number of carbonyl (C=O) groups is 3. The zero-order valence-electron chi connectivity index (χ0n) is 12.0. The lowest BCUT2D eigenvalue weighted by molar-refractivity contribution is 0.0879. The summed E-state index contributed by atoms with van der Waals surface area (Å²) in [5.74, 6) is -0.284. The first kappa shape index (κ1) is 14.4. The van der Waals surface area contributed by atoms with Crippen LogP contribution in [0.25, 0.3) is 0 Å². The number of rotatable bonds is 3. The van der Waals surface area contributed by atoms with Crippen molar-refractivity contribution in [2.24, 2.45) is 0 Å². The Bertz CT molecular complexity index is 820. The number of imide groups is 1.